The number of para-hydroxylation sites is 1. The summed E-state index contributed by atoms with van der Waals surface area (Å²) >= 11 is 0. The van der Waals surface area contributed by atoms with Gasteiger partial charge in [-0.15, -0.1) is 10.2 Å². The van der Waals surface area contributed by atoms with Crippen LogP contribution in [0.15, 0.2) is 41.5 Å². The maximum absolute atomic E-state index is 11.3. The SMILES string of the molecule is O=[N+]([O-])c1cc2c(cc1C=NNc1nnc3c(n1)[nH]c1ccccc13)OCO2. The zero-order valence-corrected chi connectivity index (χ0v) is 14.1. The first kappa shape index (κ1) is 15.9. The number of nitro benzene ring substituents is 1. The summed E-state index contributed by atoms with van der Waals surface area (Å²) in [6, 6.07) is 10.5. The third-order valence-electron chi connectivity index (χ3n) is 4.21. The van der Waals surface area contributed by atoms with Crippen LogP contribution in [0.1, 0.15) is 5.56 Å². The van der Waals surface area contributed by atoms with Gasteiger partial charge in [-0.3, -0.25) is 10.1 Å². The van der Waals surface area contributed by atoms with Crippen molar-refractivity contribution < 1.29 is 14.4 Å². The predicted molar refractivity (Wildman–Crippen MR) is 99.6 cm³/mol. The molecular formula is C17H11N7O4. The fourth-order valence-corrected chi connectivity index (χ4v) is 2.94. The van der Waals surface area contributed by atoms with Crippen molar-refractivity contribution in [3.63, 3.8) is 0 Å². The minimum atomic E-state index is -0.516. The van der Waals surface area contributed by atoms with Crippen LogP contribution in [0.4, 0.5) is 11.6 Å². The molecule has 2 aromatic heterocycles. The molecule has 11 heteroatoms. The standard InChI is InChI=1S/C17H11N7O4/c25-24(26)12-6-14-13(27-8-28-14)5-9(12)7-18-22-17-20-16-15(21-23-17)10-3-1-2-4-11(10)19-16/h1-7H,8H2,(H2,19,20,22,23). The Labute approximate surface area is 156 Å². The first-order valence-corrected chi connectivity index (χ1v) is 8.17. The summed E-state index contributed by atoms with van der Waals surface area (Å²) in [5.74, 6) is 0.900. The number of H-pyrrole nitrogens is 1. The lowest BCUT2D eigenvalue weighted by Crippen LogP contribution is -2.00. The van der Waals surface area contributed by atoms with E-state index < -0.39 is 4.92 Å². The molecule has 5 rings (SSSR count). The number of nitrogens with one attached hydrogen (secondary N) is 2. The van der Waals surface area contributed by atoms with Crippen molar-refractivity contribution in [3.05, 3.63) is 52.1 Å². The topological polar surface area (TPSA) is 140 Å². The summed E-state index contributed by atoms with van der Waals surface area (Å²) in [6.45, 7) is 0.0232. The second kappa shape index (κ2) is 6.16. The summed E-state index contributed by atoms with van der Waals surface area (Å²) in [7, 11) is 0. The fraction of sp³-hybridized carbons (Fsp3) is 0.0588. The molecule has 4 aromatic rings. The van der Waals surface area contributed by atoms with Gasteiger partial charge in [-0.25, -0.2) is 5.43 Å². The van der Waals surface area contributed by atoms with Crippen LogP contribution in [-0.4, -0.2) is 38.1 Å². The highest BCUT2D eigenvalue weighted by atomic mass is 16.7. The minimum Gasteiger partial charge on any atom is -0.454 e. The van der Waals surface area contributed by atoms with Crippen LogP contribution in [0.25, 0.3) is 22.1 Å². The van der Waals surface area contributed by atoms with Crippen LogP contribution in [0.3, 0.4) is 0 Å². The molecule has 0 radical (unpaired) electrons. The third-order valence-corrected chi connectivity index (χ3v) is 4.21. The molecule has 0 fully saturated rings. The molecule has 0 spiro atoms. The van der Waals surface area contributed by atoms with E-state index in [2.05, 4.69) is 30.7 Å². The number of hydrogen-bond donors (Lipinski definition) is 2. The zero-order valence-electron chi connectivity index (χ0n) is 14.1. The van der Waals surface area contributed by atoms with Crippen LogP contribution < -0.4 is 14.9 Å². The Bertz CT molecular complexity index is 1270. The Balaban J connectivity index is 1.44. The lowest BCUT2D eigenvalue weighted by molar-refractivity contribution is -0.385. The molecule has 0 atom stereocenters. The summed E-state index contributed by atoms with van der Waals surface area (Å²) in [6.07, 6.45) is 1.29. The van der Waals surface area contributed by atoms with Crippen LogP contribution in [0, 0.1) is 10.1 Å². The van der Waals surface area contributed by atoms with Gasteiger partial charge in [0.1, 0.15) is 5.52 Å². The van der Waals surface area contributed by atoms with Gasteiger partial charge in [0.05, 0.1) is 22.8 Å². The van der Waals surface area contributed by atoms with E-state index in [9.17, 15) is 10.1 Å². The zero-order chi connectivity index (χ0) is 19.1. The van der Waals surface area contributed by atoms with E-state index >= 15 is 0 Å². The van der Waals surface area contributed by atoms with Crippen molar-refractivity contribution >= 4 is 39.9 Å². The Morgan fingerprint density at radius 2 is 2.04 bits per heavy atom. The Morgan fingerprint density at radius 3 is 2.89 bits per heavy atom. The Hall–Kier alpha value is -4.28. The van der Waals surface area contributed by atoms with Gasteiger partial charge < -0.3 is 14.5 Å². The molecule has 3 heterocycles. The monoisotopic (exact) mass is 377 g/mol. The number of aromatic nitrogens is 4. The molecule has 0 unspecified atom stereocenters. The molecule has 1 aliphatic heterocycles. The molecule has 2 N–H and O–H groups in total. The lowest BCUT2D eigenvalue weighted by Gasteiger charge is -2.01. The van der Waals surface area contributed by atoms with Gasteiger partial charge in [-0.05, 0) is 12.1 Å². The van der Waals surface area contributed by atoms with E-state index in [4.69, 9.17) is 9.47 Å². The maximum Gasteiger partial charge on any atom is 0.282 e. The van der Waals surface area contributed by atoms with E-state index in [0.29, 0.717) is 22.7 Å². The molecule has 0 aliphatic carbocycles. The number of nitrogens with zero attached hydrogens (tertiary/aromatic N) is 5. The number of hydrogen-bond acceptors (Lipinski definition) is 9. The van der Waals surface area contributed by atoms with Gasteiger partial charge >= 0.3 is 0 Å². The summed E-state index contributed by atoms with van der Waals surface area (Å²) in [5.41, 5.74) is 4.84. The molecule has 0 saturated carbocycles. The number of anilines is 1. The fourth-order valence-electron chi connectivity index (χ4n) is 2.94. The molecule has 0 saturated heterocycles. The number of fused-ring (bicyclic) bond motifs is 4. The second-order valence-corrected chi connectivity index (χ2v) is 5.89. The van der Waals surface area contributed by atoms with Gasteiger partial charge in [-0.1, -0.05) is 18.2 Å². The smallest absolute Gasteiger partial charge is 0.282 e. The first-order valence-electron chi connectivity index (χ1n) is 8.17. The molecule has 11 nitrogen and oxygen atoms in total. The van der Waals surface area contributed by atoms with E-state index in [0.717, 1.165) is 10.9 Å². The summed E-state index contributed by atoms with van der Waals surface area (Å²) in [5, 5.41) is 24.3. The van der Waals surface area contributed by atoms with Gasteiger partial charge in [-0.2, -0.15) is 10.1 Å². The third kappa shape index (κ3) is 2.61. The maximum atomic E-state index is 11.3. The molecule has 2 aromatic carbocycles. The molecule has 138 valence electrons. The van der Waals surface area contributed by atoms with Gasteiger partial charge in [0.25, 0.3) is 11.6 Å². The highest BCUT2D eigenvalue weighted by molar-refractivity contribution is 6.03. The number of rotatable bonds is 4. The van der Waals surface area contributed by atoms with Crippen molar-refractivity contribution in [1.29, 1.82) is 0 Å². The van der Waals surface area contributed by atoms with Crippen LogP contribution in [0.2, 0.25) is 0 Å². The highest BCUT2D eigenvalue weighted by Gasteiger charge is 2.22. The highest BCUT2D eigenvalue weighted by Crippen LogP contribution is 2.37. The lowest BCUT2D eigenvalue weighted by atomic mass is 10.1. The predicted octanol–water partition coefficient (Wildman–Crippen LogP) is 2.59. The van der Waals surface area contributed by atoms with Crippen molar-refractivity contribution in [1.82, 2.24) is 20.2 Å². The average molecular weight is 377 g/mol. The molecule has 0 bridgehead atoms. The van der Waals surface area contributed by atoms with Crippen molar-refractivity contribution in [2.45, 2.75) is 0 Å². The van der Waals surface area contributed by atoms with E-state index in [1.807, 2.05) is 24.3 Å². The molecule has 1 aliphatic rings. The van der Waals surface area contributed by atoms with Crippen LogP contribution >= 0.6 is 0 Å². The van der Waals surface area contributed by atoms with Crippen LogP contribution in [-0.2, 0) is 0 Å². The van der Waals surface area contributed by atoms with Gasteiger partial charge in [0.2, 0.25) is 6.79 Å². The van der Waals surface area contributed by atoms with Gasteiger partial charge in [0, 0.05) is 10.9 Å². The van der Waals surface area contributed by atoms with Gasteiger partial charge in [0.15, 0.2) is 17.1 Å². The van der Waals surface area contributed by atoms with Crippen molar-refractivity contribution in [2.24, 2.45) is 5.10 Å². The minimum absolute atomic E-state index is 0.0232. The van der Waals surface area contributed by atoms with Crippen molar-refractivity contribution in [3.8, 4) is 11.5 Å². The number of nitro groups is 1. The number of benzene rings is 2. The molecule has 28 heavy (non-hydrogen) atoms. The average Bonchev–Trinajstić information content (AvgIpc) is 3.30. The number of ether oxygens (including phenoxy) is 2. The number of hydrazone groups is 1. The Kier molecular flexibility index (Phi) is 3.50. The van der Waals surface area contributed by atoms with Crippen LogP contribution in [0.5, 0.6) is 11.5 Å². The molecular weight excluding hydrogens is 366 g/mol. The Morgan fingerprint density at radius 1 is 1.21 bits per heavy atom. The normalized spacial score (nSPS) is 12.9. The van der Waals surface area contributed by atoms with Crippen molar-refractivity contribution in [2.75, 3.05) is 12.2 Å². The molecule has 0 amide bonds. The largest absolute Gasteiger partial charge is 0.454 e. The quantitative estimate of drug-likeness (QED) is 0.314. The van der Waals surface area contributed by atoms with E-state index in [1.54, 1.807) is 0 Å². The number of aromatic amines is 1. The summed E-state index contributed by atoms with van der Waals surface area (Å²) in [4.78, 5) is 18.2. The summed E-state index contributed by atoms with van der Waals surface area (Å²) < 4.78 is 10.4. The second-order valence-electron chi connectivity index (χ2n) is 5.89. The first-order chi connectivity index (χ1) is 13.7. The van der Waals surface area contributed by atoms with E-state index in [-0.39, 0.29) is 24.0 Å². The van der Waals surface area contributed by atoms with E-state index in [1.165, 1.54) is 18.3 Å².